The first-order chi connectivity index (χ1) is 9.30. The van der Waals surface area contributed by atoms with E-state index in [2.05, 4.69) is 9.47 Å². The van der Waals surface area contributed by atoms with E-state index in [9.17, 15) is 13.9 Å². The summed E-state index contributed by atoms with van der Waals surface area (Å²) >= 11 is 0. The monoisotopic (exact) mass is 287 g/mol. The third kappa shape index (κ3) is 3.19. The molecule has 1 heterocycles. The molecule has 1 aliphatic rings. The zero-order valence-corrected chi connectivity index (χ0v) is 11.5. The van der Waals surface area contributed by atoms with E-state index >= 15 is 0 Å². The van der Waals surface area contributed by atoms with Gasteiger partial charge in [-0.25, -0.2) is 0 Å². The van der Waals surface area contributed by atoms with E-state index in [1.54, 1.807) is 12.1 Å². The Labute approximate surface area is 116 Å². The van der Waals surface area contributed by atoms with Gasteiger partial charge in [-0.3, -0.25) is 0 Å². The van der Waals surface area contributed by atoms with Gasteiger partial charge in [0.05, 0.1) is 12.1 Å². The smallest absolute Gasteiger partial charge is 0.395 e. The molecular weight excluding hydrogens is 268 g/mol. The van der Waals surface area contributed by atoms with E-state index in [0.717, 1.165) is 6.42 Å². The molecule has 0 saturated heterocycles. The van der Waals surface area contributed by atoms with Crippen molar-refractivity contribution in [2.75, 3.05) is 0 Å². The highest BCUT2D eigenvalue weighted by molar-refractivity contribution is 5.50. The van der Waals surface area contributed by atoms with E-state index in [4.69, 9.17) is 5.73 Å². The van der Waals surface area contributed by atoms with Crippen LogP contribution in [0.25, 0.3) is 0 Å². The van der Waals surface area contributed by atoms with Crippen molar-refractivity contribution < 1.29 is 23.4 Å². The topological polar surface area (TPSA) is 64.7 Å². The van der Waals surface area contributed by atoms with Crippen LogP contribution >= 0.6 is 0 Å². The number of halogens is 2. The second-order valence-electron chi connectivity index (χ2n) is 5.41. The molecule has 0 saturated carbocycles. The van der Waals surface area contributed by atoms with Gasteiger partial charge >= 0.3 is 6.29 Å². The van der Waals surface area contributed by atoms with Crippen LogP contribution < -0.4 is 15.2 Å². The summed E-state index contributed by atoms with van der Waals surface area (Å²) in [5.41, 5.74) is 6.29. The minimum Gasteiger partial charge on any atom is -0.395 e. The molecule has 0 spiro atoms. The summed E-state index contributed by atoms with van der Waals surface area (Å²) in [7, 11) is 0. The lowest BCUT2D eigenvalue weighted by atomic mass is 9.95. The molecule has 2 atom stereocenters. The Morgan fingerprint density at radius 1 is 1.25 bits per heavy atom. The molecule has 112 valence electrons. The maximum atomic E-state index is 13.1. The zero-order chi connectivity index (χ0) is 14.9. The largest absolute Gasteiger partial charge is 0.586 e. The highest BCUT2D eigenvalue weighted by Gasteiger charge is 2.45. The van der Waals surface area contributed by atoms with Crippen LogP contribution in [0.15, 0.2) is 18.2 Å². The summed E-state index contributed by atoms with van der Waals surface area (Å²) in [4.78, 5) is 0. The lowest BCUT2D eigenvalue weighted by Crippen LogP contribution is -2.28. The first-order valence-corrected chi connectivity index (χ1v) is 6.62. The van der Waals surface area contributed by atoms with Gasteiger partial charge in [-0.2, -0.15) is 0 Å². The van der Waals surface area contributed by atoms with Gasteiger partial charge in [0.1, 0.15) is 0 Å². The van der Waals surface area contributed by atoms with E-state index in [0.29, 0.717) is 17.9 Å². The summed E-state index contributed by atoms with van der Waals surface area (Å²) in [5, 5.41) is 10.1. The fourth-order valence-electron chi connectivity index (χ4n) is 2.14. The van der Waals surface area contributed by atoms with Crippen molar-refractivity contribution in [1.82, 2.24) is 0 Å². The molecule has 6 heteroatoms. The number of rotatable bonds is 5. The van der Waals surface area contributed by atoms with Gasteiger partial charge in [-0.15, -0.1) is 8.78 Å². The summed E-state index contributed by atoms with van der Waals surface area (Å²) in [6.45, 7) is 4.08. The van der Waals surface area contributed by atoms with Gasteiger partial charge in [0.25, 0.3) is 0 Å². The molecular formula is C14H19F2NO3. The van der Waals surface area contributed by atoms with E-state index < -0.39 is 18.4 Å². The molecule has 0 aromatic heterocycles. The molecule has 20 heavy (non-hydrogen) atoms. The molecule has 1 aromatic carbocycles. The van der Waals surface area contributed by atoms with Crippen LogP contribution in [-0.4, -0.2) is 17.5 Å². The number of hydrogen-bond donors (Lipinski definition) is 2. The predicted octanol–water partition coefficient (Wildman–Crippen LogP) is 2.81. The molecule has 1 aromatic rings. The molecule has 2 rings (SSSR count). The molecule has 0 fully saturated rings. The van der Waals surface area contributed by atoms with Gasteiger partial charge < -0.3 is 20.3 Å². The molecule has 0 aliphatic carbocycles. The second kappa shape index (κ2) is 5.54. The number of aliphatic hydroxyl groups is 1. The van der Waals surface area contributed by atoms with Crippen molar-refractivity contribution in [2.45, 2.75) is 45.1 Å². The van der Waals surface area contributed by atoms with Crippen LogP contribution in [-0.2, 0) is 0 Å². The number of para-hydroxylation sites is 1. The minimum absolute atomic E-state index is 0.0565. The van der Waals surface area contributed by atoms with E-state index in [1.165, 1.54) is 6.07 Å². The van der Waals surface area contributed by atoms with Gasteiger partial charge in [-0.05, 0) is 24.8 Å². The molecule has 4 nitrogen and oxygen atoms in total. The summed E-state index contributed by atoms with van der Waals surface area (Å²) in [5.74, 6) is 0.287. The molecule has 0 amide bonds. The fraction of sp³-hybridized carbons (Fsp3) is 0.571. The third-order valence-corrected chi connectivity index (χ3v) is 3.27. The lowest BCUT2D eigenvalue weighted by molar-refractivity contribution is -0.287. The first-order valence-electron chi connectivity index (χ1n) is 6.62. The average Bonchev–Trinajstić information content (AvgIpc) is 2.68. The predicted molar refractivity (Wildman–Crippen MR) is 69.7 cm³/mol. The Morgan fingerprint density at radius 3 is 2.60 bits per heavy atom. The molecule has 0 bridgehead atoms. The summed E-state index contributed by atoms with van der Waals surface area (Å²) < 4.78 is 35.0. The van der Waals surface area contributed by atoms with E-state index in [-0.39, 0.29) is 11.5 Å². The van der Waals surface area contributed by atoms with Crippen molar-refractivity contribution in [3.63, 3.8) is 0 Å². The number of aliphatic hydroxyl groups excluding tert-OH is 1. The van der Waals surface area contributed by atoms with Crippen LogP contribution in [0.1, 0.15) is 38.3 Å². The molecule has 3 N–H and O–H groups in total. The van der Waals surface area contributed by atoms with Crippen molar-refractivity contribution in [1.29, 1.82) is 0 Å². The first kappa shape index (κ1) is 15.0. The third-order valence-electron chi connectivity index (χ3n) is 3.27. The Kier molecular flexibility index (Phi) is 4.15. The Hall–Kier alpha value is -1.40. The van der Waals surface area contributed by atoms with Gasteiger partial charge in [-0.1, -0.05) is 26.0 Å². The highest BCUT2D eigenvalue weighted by atomic mass is 19.3. The number of nitrogens with two attached hydrogens (primary N) is 1. The Balaban J connectivity index is 2.16. The van der Waals surface area contributed by atoms with Crippen LogP contribution in [0.2, 0.25) is 0 Å². The fourth-order valence-corrected chi connectivity index (χ4v) is 2.14. The Morgan fingerprint density at radius 2 is 1.95 bits per heavy atom. The summed E-state index contributed by atoms with van der Waals surface area (Å²) in [6.07, 6.45) is -3.19. The highest BCUT2D eigenvalue weighted by Crippen LogP contribution is 2.45. The van der Waals surface area contributed by atoms with E-state index in [1.807, 2.05) is 13.8 Å². The van der Waals surface area contributed by atoms with Crippen molar-refractivity contribution >= 4 is 0 Å². The van der Waals surface area contributed by atoms with Gasteiger partial charge in [0.15, 0.2) is 11.5 Å². The maximum absolute atomic E-state index is 13.1. The SMILES string of the molecule is CC(C)CC[C@H](O)[C@H](N)c1cccc2c1OC(F)(F)O2. The van der Waals surface area contributed by atoms with Crippen LogP contribution in [0, 0.1) is 5.92 Å². The van der Waals surface area contributed by atoms with Crippen LogP contribution in [0.4, 0.5) is 8.78 Å². The number of benzene rings is 1. The quantitative estimate of drug-likeness (QED) is 0.874. The summed E-state index contributed by atoms with van der Waals surface area (Å²) in [6, 6.07) is 3.70. The standard InChI is InChI=1S/C14H19F2NO3/c1-8(2)6-7-10(18)12(17)9-4-3-5-11-13(9)20-14(15,16)19-11/h3-5,8,10,12,18H,6-7,17H2,1-2H3/t10-,12+/m0/s1. The molecule has 0 unspecified atom stereocenters. The molecule has 1 aliphatic heterocycles. The lowest BCUT2D eigenvalue weighted by Gasteiger charge is -2.21. The maximum Gasteiger partial charge on any atom is 0.586 e. The number of hydrogen-bond acceptors (Lipinski definition) is 4. The van der Waals surface area contributed by atoms with Gasteiger partial charge in [0.2, 0.25) is 0 Å². The van der Waals surface area contributed by atoms with Gasteiger partial charge in [0, 0.05) is 5.56 Å². The Bertz CT molecular complexity index is 479. The average molecular weight is 287 g/mol. The van der Waals surface area contributed by atoms with Crippen molar-refractivity contribution in [2.24, 2.45) is 11.7 Å². The van der Waals surface area contributed by atoms with Crippen molar-refractivity contribution in [3.05, 3.63) is 23.8 Å². The second-order valence-corrected chi connectivity index (χ2v) is 5.41. The number of fused-ring (bicyclic) bond motifs is 1. The van der Waals surface area contributed by atoms with Crippen LogP contribution in [0.3, 0.4) is 0 Å². The minimum atomic E-state index is -3.68. The molecule has 0 radical (unpaired) electrons. The number of alkyl halides is 2. The van der Waals surface area contributed by atoms with Crippen molar-refractivity contribution in [3.8, 4) is 11.5 Å². The normalized spacial score (nSPS) is 19.1. The zero-order valence-electron chi connectivity index (χ0n) is 11.5. The van der Waals surface area contributed by atoms with Crippen LogP contribution in [0.5, 0.6) is 11.5 Å². The number of ether oxygens (including phenoxy) is 2.